The Morgan fingerprint density at radius 3 is 0.744 bits per heavy atom. The van der Waals surface area contributed by atoms with Crippen molar-refractivity contribution in [3.8, 4) is 0 Å². The number of nitrogens with one attached hydrogen (secondary N) is 6. The Hall–Kier alpha value is -5.91. The summed E-state index contributed by atoms with van der Waals surface area (Å²) in [4.78, 5) is 151. The standard InChI is InChI=1S/C54H92N6O18/c1-22(2)34-49(67)73-31(19)43(61)55-38(26(9)10)53(71)77-41(29(15)16)47(65)59-36(24(5)6)51(69)75-33(21)45(63)57-39(27(11)12)54(72)78-42(30(17)18)48(66)60-35(23(3)4)50(68)74-32(20)44(62)56-37(25(7)8)52(70)76-40(28(13)14)46(64)58-34/h22-42,49,67H,1-21H3,(H,55,61)(H,56,62)(H,57,63)(H,58,64)(H,59,65)(H,60,66). The highest BCUT2D eigenvalue weighted by molar-refractivity contribution is 5.95. The van der Waals surface area contributed by atoms with Crippen LogP contribution < -0.4 is 31.9 Å². The predicted octanol–water partition coefficient (Wildman–Crippen LogP) is 2.14. The van der Waals surface area contributed by atoms with Crippen LogP contribution in [0.3, 0.4) is 0 Å². The second kappa shape index (κ2) is 31.6. The van der Waals surface area contributed by atoms with Crippen LogP contribution in [0.1, 0.15) is 145 Å². The Morgan fingerprint density at radius 1 is 0.295 bits per heavy atom. The summed E-state index contributed by atoms with van der Waals surface area (Å²) < 4.78 is 33.8. The molecule has 1 aliphatic heterocycles. The second-order valence-electron chi connectivity index (χ2n) is 23.1. The van der Waals surface area contributed by atoms with Gasteiger partial charge in [0.1, 0.15) is 36.3 Å². The van der Waals surface area contributed by atoms with Crippen LogP contribution in [0.4, 0.5) is 0 Å². The first kappa shape index (κ1) is 70.1. The summed E-state index contributed by atoms with van der Waals surface area (Å²) in [5.74, 6) is -16.3. The molecule has 0 aliphatic carbocycles. The fourth-order valence-electron chi connectivity index (χ4n) is 7.62. The van der Waals surface area contributed by atoms with Crippen LogP contribution in [-0.2, 0) is 81.2 Å². The monoisotopic (exact) mass is 1110 g/mol. The number of hydrogen-bond donors (Lipinski definition) is 7. The fourth-order valence-corrected chi connectivity index (χ4v) is 7.62. The quantitative estimate of drug-likeness (QED) is 0.128. The van der Waals surface area contributed by atoms with Gasteiger partial charge in [0, 0.05) is 0 Å². The van der Waals surface area contributed by atoms with Gasteiger partial charge in [-0.3, -0.25) is 28.8 Å². The molecule has 1 rings (SSSR count). The smallest absolute Gasteiger partial charge is 0.329 e. The molecule has 0 aromatic carbocycles. The van der Waals surface area contributed by atoms with Gasteiger partial charge in [-0.05, 0) is 74.0 Å². The molecule has 0 saturated carbocycles. The minimum atomic E-state index is -1.84. The highest BCUT2D eigenvalue weighted by Crippen LogP contribution is 2.20. The van der Waals surface area contributed by atoms with E-state index in [4.69, 9.17) is 28.4 Å². The van der Waals surface area contributed by atoms with E-state index < -0.39 is 198 Å². The number of esters is 5. The van der Waals surface area contributed by atoms with E-state index in [0.717, 1.165) is 0 Å². The topological polar surface area (TPSA) is 336 Å². The van der Waals surface area contributed by atoms with Crippen molar-refractivity contribution in [3.63, 3.8) is 0 Å². The number of cyclic esters (lactones) is 5. The van der Waals surface area contributed by atoms with Crippen molar-refractivity contribution in [2.45, 2.75) is 225 Å². The normalized spacial score (nSPS) is 29.9. The molecule has 24 nitrogen and oxygen atoms in total. The van der Waals surface area contributed by atoms with Gasteiger partial charge in [-0.15, -0.1) is 0 Å². The molecule has 7 N–H and O–H groups in total. The first-order chi connectivity index (χ1) is 35.9. The molecule has 0 aromatic heterocycles. The number of ether oxygens (including phenoxy) is 6. The highest BCUT2D eigenvalue weighted by atomic mass is 16.6. The van der Waals surface area contributed by atoms with E-state index in [9.17, 15) is 57.8 Å². The number of amides is 6. The van der Waals surface area contributed by atoms with Gasteiger partial charge in [0.25, 0.3) is 29.5 Å². The van der Waals surface area contributed by atoms with E-state index in [1.54, 1.807) is 125 Å². The van der Waals surface area contributed by atoms with Crippen LogP contribution >= 0.6 is 0 Å². The number of carbonyl (C=O) groups excluding carboxylic acids is 11. The van der Waals surface area contributed by atoms with Crippen LogP contribution in [-0.4, -0.2) is 150 Å². The molecule has 1 fully saturated rings. The van der Waals surface area contributed by atoms with Crippen LogP contribution in [0.5, 0.6) is 0 Å². The predicted molar refractivity (Wildman–Crippen MR) is 282 cm³/mol. The van der Waals surface area contributed by atoms with Gasteiger partial charge in [0.05, 0.1) is 6.04 Å². The number of aliphatic hydroxyl groups excluding tert-OH is 1. The van der Waals surface area contributed by atoms with E-state index in [2.05, 4.69) is 31.9 Å². The van der Waals surface area contributed by atoms with Crippen LogP contribution in [0, 0.1) is 53.3 Å². The lowest BCUT2D eigenvalue weighted by Crippen LogP contribution is -2.56. The average molecular weight is 1110 g/mol. The molecule has 446 valence electrons. The number of carbonyl (C=O) groups is 11. The molecule has 1 aliphatic rings. The van der Waals surface area contributed by atoms with Gasteiger partial charge in [0.15, 0.2) is 36.8 Å². The molecule has 0 bridgehead atoms. The van der Waals surface area contributed by atoms with Gasteiger partial charge < -0.3 is 65.4 Å². The molecular formula is C54H92N6O18. The van der Waals surface area contributed by atoms with Crippen LogP contribution in [0.2, 0.25) is 0 Å². The lowest BCUT2D eigenvalue weighted by atomic mass is 10.0. The molecule has 24 heteroatoms. The zero-order valence-electron chi connectivity index (χ0n) is 49.6. The number of rotatable bonds is 9. The Bertz CT molecular complexity index is 2090. The van der Waals surface area contributed by atoms with Crippen molar-refractivity contribution in [3.05, 3.63) is 0 Å². The Kier molecular flexibility index (Phi) is 28.4. The Morgan fingerprint density at radius 2 is 0.513 bits per heavy atom. The zero-order valence-corrected chi connectivity index (χ0v) is 49.6. The van der Waals surface area contributed by atoms with Gasteiger partial charge >= 0.3 is 29.8 Å². The lowest BCUT2D eigenvalue weighted by molar-refractivity contribution is -0.177. The maximum absolute atomic E-state index is 13.9. The summed E-state index contributed by atoms with van der Waals surface area (Å²) in [6.45, 7) is 32.5. The summed E-state index contributed by atoms with van der Waals surface area (Å²) in [5.41, 5.74) is 0. The molecule has 0 spiro atoms. The van der Waals surface area contributed by atoms with Crippen molar-refractivity contribution < 1.29 is 86.3 Å². The van der Waals surface area contributed by atoms with E-state index >= 15 is 0 Å². The molecule has 13 unspecified atom stereocenters. The molecule has 1 saturated heterocycles. The van der Waals surface area contributed by atoms with Gasteiger partial charge in [-0.25, -0.2) is 24.0 Å². The minimum Gasteiger partial charge on any atom is -0.451 e. The molecule has 0 radical (unpaired) electrons. The third-order valence-electron chi connectivity index (χ3n) is 12.8. The number of aliphatic hydroxyl groups is 1. The molecule has 78 heavy (non-hydrogen) atoms. The summed E-state index contributed by atoms with van der Waals surface area (Å²) in [7, 11) is 0. The largest absolute Gasteiger partial charge is 0.451 e. The highest BCUT2D eigenvalue weighted by Gasteiger charge is 2.42. The lowest BCUT2D eigenvalue weighted by Gasteiger charge is -2.32. The first-order valence-corrected chi connectivity index (χ1v) is 27.0. The van der Waals surface area contributed by atoms with Crippen molar-refractivity contribution >= 4 is 65.3 Å². The summed E-state index contributed by atoms with van der Waals surface area (Å²) in [6.07, 6.45) is -10.9. The van der Waals surface area contributed by atoms with Crippen molar-refractivity contribution in [2.24, 2.45) is 53.3 Å². The maximum Gasteiger partial charge on any atom is 0.329 e. The summed E-state index contributed by atoms with van der Waals surface area (Å²) >= 11 is 0. The molecular weight excluding hydrogens is 1020 g/mol. The van der Waals surface area contributed by atoms with Crippen LogP contribution in [0.25, 0.3) is 0 Å². The van der Waals surface area contributed by atoms with E-state index in [1.807, 2.05) is 0 Å². The Labute approximate surface area is 460 Å². The summed E-state index contributed by atoms with van der Waals surface area (Å²) in [5, 5.41) is 26.6. The van der Waals surface area contributed by atoms with Crippen molar-refractivity contribution in [2.75, 3.05) is 0 Å². The Balaban J connectivity index is 3.86. The minimum absolute atomic E-state index is 0.548. The SMILES string of the molecule is CC1OC(=O)C(C(C)C)NC(=O)C(C(C)C)OC(=O)C(C(C)C)NC(=O)C(C)OC(=O)C(C(C)C)NC(=O)C(C(C)C)OC(=O)C(C(C)C)NC(=O)C(C)OC(O)C(C(C)C)NC(=O)C(C(C)C)OC(=O)C(C(C)C)NC1=O. The van der Waals surface area contributed by atoms with E-state index in [0.29, 0.717) is 0 Å². The van der Waals surface area contributed by atoms with Crippen molar-refractivity contribution in [1.82, 2.24) is 31.9 Å². The van der Waals surface area contributed by atoms with Crippen LogP contribution in [0.15, 0.2) is 0 Å². The first-order valence-electron chi connectivity index (χ1n) is 27.0. The second-order valence-corrected chi connectivity index (χ2v) is 23.1. The number of hydrogen-bond acceptors (Lipinski definition) is 18. The fraction of sp³-hybridized carbons (Fsp3) is 0.796. The molecule has 0 aromatic rings. The van der Waals surface area contributed by atoms with Gasteiger partial charge in [0.2, 0.25) is 5.91 Å². The van der Waals surface area contributed by atoms with E-state index in [-0.39, 0.29) is 0 Å². The van der Waals surface area contributed by atoms with Gasteiger partial charge in [-0.2, -0.15) is 0 Å². The molecule has 13 atom stereocenters. The van der Waals surface area contributed by atoms with Crippen molar-refractivity contribution in [1.29, 1.82) is 0 Å². The molecule has 1 heterocycles. The third kappa shape index (κ3) is 21.0. The zero-order chi connectivity index (χ0) is 60.5. The third-order valence-corrected chi connectivity index (χ3v) is 12.8. The van der Waals surface area contributed by atoms with E-state index in [1.165, 1.54) is 20.8 Å². The summed E-state index contributed by atoms with van der Waals surface area (Å²) in [6, 6.07) is -8.12. The average Bonchev–Trinajstić information content (AvgIpc) is 3.31. The van der Waals surface area contributed by atoms with Gasteiger partial charge in [-0.1, -0.05) is 125 Å². The molecule has 6 amide bonds. The maximum atomic E-state index is 13.9.